The van der Waals surface area contributed by atoms with Crippen LogP contribution in [0.5, 0.6) is 0 Å². The van der Waals surface area contributed by atoms with Crippen molar-refractivity contribution in [3.8, 4) is 0 Å². The van der Waals surface area contributed by atoms with Gasteiger partial charge in [0.25, 0.3) is 0 Å². The molecule has 0 radical (unpaired) electrons. The lowest BCUT2D eigenvalue weighted by Crippen LogP contribution is -2.21. The van der Waals surface area contributed by atoms with Gasteiger partial charge in [-0.1, -0.05) is 20.8 Å². The molecule has 0 unspecified atom stereocenters. The monoisotopic (exact) mass is 365 g/mol. The Bertz CT molecular complexity index is 813. The molecule has 2 heterocycles. The Balaban J connectivity index is 1.90. The van der Waals surface area contributed by atoms with Crippen LogP contribution >= 0.6 is 0 Å². The number of pyridine rings is 1. The van der Waals surface area contributed by atoms with Gasteiger partial charge in [0.15, 0.2) is 0 Å². The number of carbonyl (C=O) groups is 1. The van der Waals surface area contributed by atoms with Crippen molar-refractivity contribution in [3.63, 3.8) is 0 Å². The fourth-order valence-corrected chi connectivity index (χ4v) is 3.78. The lowest BCUT2D eigenvalue weighted by atomic mass is 9.92. The van der Waals surface area contributed by atoms with Crippen LogP contribution in [0.3, 0.4) is 0 Å². The van der Waals surface area contributed by atoms with Gasteiger partial charge in [-0.3, -0.25) is 9.78 Å². The Morgan fingerprint density at radius 1 is 1.19 bits per heavy atom. The number of benzene rings is 1. The molecule has 144 valence electrons. The second-order valence-electron chi connectivity index (χ2n) is 8.82. The van der Waals surface area contributed by atoms with Crippen molar-refractivity contribution in [1.29, 1.82) is 0 Å². The highest BCUT2D eigenvalue weighted by atomic mass is 16.1. The summed E-state index contributed by atoms with van der Waals surface area (Å²) in [5.74, 6) is 0.0748. The molecule has 3 rings (SSSR count). The van der Waals surface area contributed by atoms with Gasteiger partial charge in [0, 0.05) is 30.5 Å². The Morgan fingerprint density at radius 2 is 1.89 bits per heavy atom. The third-order valence-corrected chi connectivity index (χ3v) is 4.99. The fourth-order valence-electron chi connectivity index (χ4n) is 3.78. The van der Waals surface area contributed by atoms with E-state index in [4.69, 9.17) is 0 Å². The smallest absolute Gasteiger partial charge is 0.224 e. The molecule has 0 spiro atoms. The van der Waals surface area contributed by atoms with Crippen molar-refractivity contribution in [2.24, 2.45) is 5.41 Å². The van der Waals surface area contributed by atoms with E-state index in [1.165, 1.54) is 23.5 Å². The zero-order valence-corrected chi connectivity index (χ0v) is 17.2. The summed E-state index contributed by atoms with van der Waals surface area (Å²) in [7, 11) is 0. The van der Waals surface area contributed by atoms with Gasteiger partial charge in [-0.15, -0.1) is 0 Å². The largest absolute Gasteiger partial charge is 0.340 e. The van der Waals surface area contributed by atoms with Crippen molar-refractivity contribution >= 4 is 23.0 Å². The first kappa shape index (κ1) is 19.4. The Labute approximate surface area is 163 Å². The summed E-state index contributed by atoms with van der Waals surface area (Å²) in [6.45, 7) is 11.4. The van der Waals surface area contributed by atoms with Crippen molar-refractivity contribution in [3.05, 3.63) is 47.3 Å². The summed E-state index contributed by atoms with van der Waals surface area (Å²) in [4.78, 5) is 19.4. The minimum Gasteiger partial charge on any atom is -0.340 e. The second kappa shape index (κ2) is 7.71. The van der Waals surface area contributed by atoms with Crippen LogP contribution in [0.15, 0.2) is 30.5 Å². The van der Waals surface area contributed by atoms with Crippen LogP contribution in [-0.2, 0) is 11.2 Å². The van der Waals surface area contributed by atoms with Gasteiger partial charge >= 0.3 is 0 Å². The highest BCUT2D eigenvalue weighted by Gasteiger charge is 2.20. The van der Waals surface area contributed by atoms with Gasteiger partial charge in [0.2, 0.25) is 5.91 Å². The number of rotatable bonds is 3. The standard InChI is InChI=1S/C23H31N3O/c1-16-13-18(14-17(2)22(16)25-21(27)15-23(3,4)5)26-12-7-6-9-19-20(26)10-8-11-24-19/h8,10-11,13-14H,6-7,9,12,15H2,1-5H3,(H,25,27). The number of aromatic nitrogens is 1. The number of aryl methyl sites for hydroxylation is 3. The maximum Gasteiger partial charge on any atom is 0.224 e. The summed E-state index contributed by atoms with van der Waals surface area (Å²) in [5, 5.41) is 3.13. The lowest BCUT2D eigenvalue weighted by molar-refractivity contribution is -0.117. The molecule has 1 aromatic heterocycles. The van der Waals surface area contributed by atoms with Crippen molar-refractivity contribution in [2.75, 3.05) is 16.8 Å². The predicted octanol–water partition coefficient (Wildman–Crippen LogP) is 5.55. The van der Waals surface area contributed by atoms with Crippen LogP contribution in [0.4, 0.5) is 17.1 Å². The van der Waals surface area contributed by atoms with Crippen molar-refractivity contribution < 1.29 is 4.79 Å². The molecule has 1 amide bonds. The number of fused-ring (bicyclic) bond motifs is 1. The Morgan fingerprint density at radius 3 is 2.56 bits per heavy atom. The van der Waals surface area contributed by atoms with Crippen LogP contribution in [0, 0.1) is 19.3 Å². The number of carbonyl (C=O) groups excluding carboxylic acids is 1. The number of anilines is 3. The van der Waals surface area contributed by atoms with Crippen LogP contribution in [-0.4, -0.2) is 17.4 Å². The molecule has 0 aliphatic carbocycles. The minimum absolute atomic E-state index is 0.0193. The first-order valence-corrected chi connectivity index (χ1v) is 9.87. The molecular weight excluding hydrogens is 334 g/mol. The maximum absolute atomic E-state index is 12.4. The van der Waals surface area contributed by atoms with E-state index in [2.05, 4.69) is 68.0 Å². The summed E-state index contributed by atoms with van der Waals surface area (Å²) in [6.07, 6.45) is 5.75. The summed E-state index contributed by atoms with van der Waals surface area (Å²) in [6, 6.07) is 8.54. The molecule has 27 heavy (non-hydrogen) atoms. The summed E-state index contributed by atoms with van der Waals surface area (Å²) < 4.78 is 0. The SMILES string of the molecule is Cc1cc(N2CCCCc3ncccc32)cc(C)c1NC(=O)CC(C)(C)C. The normalized spacial score (nSPS) is 14.5. The maximum atomic E-state index is 12.4. The summed E-state index contributed by atoms with van der Waals surface area (Å²) >= 11 is 0. The third kappa shape index (κ3) is 4.68. The van der Waals surface area contributed by atoms with Crippen LogP contribution in [0.1, 0.15) is 56.9 Å². The van der Waals surface area contributed by atoms with Crippen LogP contribution in [0.25, 0.3) is 0 Å². The van der Waals surface area contributed by atoms with E-state index in [0.717, 1.165) is 36.2 Å². The first-order chi connectivity index (χ1) is 12.7. The van der Waals surface area contributed by atoms with E-state index in [1.807, 2.05) is 12.3 Å². The molecule has 1 aliphatic rings. The topological polar surface area (TPSA) is 45.2 Å². The molecule has 1 aromatic carbocycles. The van der Waals surface area contributed by atoms with Crippen LogP contribution < -0.4 is 10.2 Å². The van der Waals surface area contributed by atoms with Gasteiger partial charge in [-0.25, -0.2) is 0 Å². The predicted molar refractivity (Wildman–Crippen MR) is 113 cm³/mol. The Kier molecular flexibility index (Phi) is 5.54. The lowest BCUT2D eigenvalue weighted by Gasteiger charge is -2.26. The molecule has 0 saturated heterocycles. The zero-order chi connectivity index (χ0) is 19.6. The van der Waals surface area contributed by atoms with E-state index >= 15 is 0 Å². The molecule has 4 heteroatoms. The highest BCUT2D eigenvalue weighted by Crippen LogP contribution is 2.35. The Hall–Kier alpha value is -2.36. The second-order valence-corrected chi connectivity index (χ2v) is 8.82. The molecule has 0 saturated carbocycles. The molecule has 1 N–H and O–H groups in total. The molecule has 0 bridgehead atoms. The minimum atomic E-state index is -0.0193. The van der Waals surface area contributed by atoms with Crippen molar-refractivity contribution in [1.82, 2.24) is 4.98 Å². The molecule has 2 aromatic rings. The van der Waals surface area contributed by atoms with E-state index in [-0.39, 0.29) is 11.3 Å². The van der Waals surface area contributed by atoms with E-state index in [1.54, 1.807) is 0 Å². The van der Waals surface area contributed by atoms with Gasteiger partial charge in [-0.2, -0.15) is 0 Å². The van der Waals surface area contributed by atoms with E-state index < -0.39 is 0 Å². The van der Waals surface area contributed by atoms with Gasteiger partial charge < -0.3 is 10.2 Å². The van der Waals surface area contributed by atoms with Gasteiger partial charge in [0.05, 0.1) is 11.4 Å². The van der Waals surface area contributed by atoms with Gasteiger partial charge in [-0.05, 0) is 73.9 Å². The highest BCUT2D eigenvalue weighted by molar-refractivity contribution is 5.93. The third-order valence-electron chi connectivity index (χ3n) is 4.99. The van der Waals surface area contributed by atoms with Crippen LogP contribution in [0.2, 0.25) is 0 Å². The number of nitrogens with zero attached hydrogens (tertiary/aromatic N) is 2. The molecule has 0 atom stereocenters. The molecular formula is C23H31N3O. The summed E-state index contributed by atoms with van der Waals surface area (Å²) in [5.41, 5.74) is 6.67. The van der Waals surface area contributed by atoms with Gasteiger partial charge in [0.1, 0.15) is 0 Å². The van der Waals surface area contributed by atoms with Crippen molar-refractivity contribution in [2.45, 2.75) is 60.3 Å². The first-order valence-electron chi connectivity index (χ1n) is 9.87. The van der Waals surface area contributed by atoms with E-state index in [0.29, 0.717) is 6.42 Å². The number of hydrogen-bond acceptors (Lipinski definition) is 3. The number of nitrogens with one attached hydrogen (secondary N) is 1. The van der Waals surface area contributed by atoms with E-state index in [9.17, 15) is 4.79 Å². The quantitative estimate of drug-likeness (QED) is 0.776. The fraction of sp³-hybridized carbons (Fsp3) is 0.478. The average molecular weight is 366 g/mol. The average Bonchev–Trinajstić information content (AvgIpc) is 2.79. The molecule has 1 aliphatic heterocycles. The number of amides is 1. The molecule has 4 nitrogen and oxygen atoms in total. The zero-order valence-electron chi connectivity index (χ0n) is 17.2. The molecule has 0 fully saturated rings. The number of hydrogen-bond donors (Lipinski definition) is 1.